The molecule has 0 aliphatic carbocycles. The Morgan fingerprint density at radius 3 is 2.90 bits per heavy atom. The SMILES string of the molecule is C=CCOc1cccc([C@H]2C(C(=O)c3ccc(C)o3)=C(O)C(=O)N2c2nccs2)c1. The maximum Gasteiger partial charge on any atom is 0.296 e. The Balaban J connectivity index is 1.84. The fourth-order valence-electron chi connectivity index (χ4n) is 3.30. The van der Waals surface area contributed by atoms with Crippen LogP contribution in [0.5, 0.6) is 5.75 Å². The van der Waals surface area contributed by atoms with Gasteiger partial charge in [-0.1, -0.05) is 24.8 Å². The standard InChI is InChI=1S/C22H18N2O5S/c1-3-10-28-15-6-4-5-14(12-15)18-17(19(25)16-8-7-13(2)29-16)20(26)21(27)24(18)22-23-9-11-30-22/h3-9,11-12,18,26H,1,10H2,2H3/t18-/m0/s1. The van der Waals surface area contributed by atoms with Crippen molar-refractivity contribution in [1.29, 1.82) is 0 Å². The highest BCUT2D eigenvalue weighted by atomic mass is 32.1. The summed E-state index contributed by atoms with van der Waals surface area (Å²) in [6.07, 6.45) is 3.17. The number of hydrogen-bond acceptors (Lipinski definition) is 7. The van der Waals surface area contributed by atoms with Gasteiger partial charge in [-0.3, -0.25) is 14.5 Å². The van der Waals surface area contributed by atoms with E-state index < -0.39 is 23.5 Å². The van der Waals surface area contributed by atoms with Crippen molar-refractivity contribution in [3.63, 3.8) is 0 Å². The Labute approximate surface area is 176 Å². The second kappa shape index (κ2) is 8.00. The molecule has 2 aromatic heterocycles. The first-order valence-corrected chi connectivity index (χ1v) is 10.00. The molecule has 3 heterocycles. The largest absolute Gasteiger partial charge is 0.503 e. The van der Waals surface area contributed by atoms with Gasteiger partial charge in [0.15, 0.2) is 16.7 Å². The molecule has 0 saturated carbocycles. The van der Waals surface area contributed by atoms with Crippen LogP contribution in [0.1, 0.15) is 27.9 Å². The topological polar surface area (TPSA) is 92.9 Å². The molecule has 1 aromatic carbocycles. The summed E-state index contributed by atoms with van der Waals surface area (Å²) in [6.45, 7) is 5.65. The number of rotatable bonds is 7. The van der Waals surface area contributed by atoms with E-state index in [0.717, 1.165) is 0 Å². The lowest BCUT2D eigenvalue weighted by Gasteiger charge is -2.24. The van der Waals surface area contributed by atoms with Gasteiger partial charge in [0.05, 0.1) is 11.6 Å². The molecule has 8 heteroatoms. The Kier molecular flexibility index (Phi) is 5.24. The van der Waals surface area contributed by atoms with E-state index in [-0.39, 0.29) is 11.3 Å². The summed E-state index contributed by atoms with van der Waals surface area (Å²) in [4.78, 5) is 31.7. The zero-order valence-corrected chi connectivity index (χ0v) is 16.9. The minimum absolute atomic E-state index is 0.0481. The van der Waals surface area contributed by atoms with Crippen LogP contribution in [-0.4, -0.2) is 28.4 Å². The predicted molar refractivity (Wildman–Crippen MR) is 112 cm³/mol. The lowest BCUT2D eigenvalue weighted by molar-refractivity contribution is -0.117. The van der Waals surface area contributed by atoms with E-state index >= 15 is 0 Å². The Morgan fingerprint density at radius 1 is 1.40 bits per heavy atom. The number of Topliss-reactive ketones (excluding diaryl/α,β-unsaturated/α-hetero) is 1. The number of ether oxygens (including phenoxy) is 1. The fourth-order valence-corrected chi connectivity index (χ4v) is 3.97. The highest BCUT2D eigenvalue weighted by molar-refractivity contribution is 7.13. The summed E-state index contributed by atoms with van der Waals surface area (Å²) in [5.41, 5.74) is 0.529. The van der Waals surface area contributed by atoms with Gasteiger partial charge in [-0.15, -0.1) is 11.3 Å². The second-order valence-corrected chi connectivity index (χ2v) is 7.44. The molecule has 1 aliphatic heterocycles. The molecular formula is C22H18N2O5S. The Bertz CT molecular complexity index is 1150. The van der Waals surface area contributed by atoms with Crippen molar-refractivity contribution in [1.82, 2.24) is 4.98 Å². The molecular weight excluding hydrogens is 404 g/mol. The third-order valence-electron chi connectivity index (χ3n) is 4.58. The van der Waals surface area contributed by atoms with Crippen LogP contribution in [-0.2, 0) is 4.79 Å². The minimum atomic E-state index is -0.881. The summed E-state index contributed by atoms with van der Waals surface area (Å²) in [6, 6.07) is 9.30. The van der Waals surface area contributed by atoms with Gasteiger partial charge in [0.2, 0.25) is 5.78 Å². The summed E-state index contributed by atoms with van der Waals surface area (Å²) in [7, 11) is 0. The van der Waals surface area contributed by atoms with Gasteiger partial charge in [-0.2, -0.15) is 0 Å². The number of aryl methyl sites for hydroxylation is 1. The van der Waals surface area contributed by atoms with Gasteiger partial charge in [0.25, 0.3) is 5.91 Å². The summed E-state index contributed by atoms with van der Waals surface area (Å²) >= 11 is 1.23. The van der Waals surface area contributed by atoms with Gasteiger partial charge < -0.3 is 14.3 Å². The number of hydrogen-bond donors (Lipinski definition) is 1. The van der Waals surface area contributed by atoms with Crippen molar-refractivity contribution >= 4 is 28.2 Å². The highest BCUT2D eigenvalue weighted by Crippen LogP contribution is 2.43. The minimum Gasteiger partial charge on any atom is -0.503 e. The maximum atomic E-state index is 13.2. The third kappa shape index (κ3) is 3.42. The third-order valence-corrected chi connectivity index (χ3v) is 5.35. The number of benzene rings is 1. The van der Waals surface area contributed by atoms with Crippen LogP contribution in [0.25, 0.3) is 0 Å². The van der Waals surface area contributed by atoms with Gasteiger partial charge in [0.1, 0.15) is 18.1 Å². The molecule has 0 radical (unpaired) electrons. The number of nitrogens with zero attached hydrogens (tertiary/aromatic N) is 2. The fraction of sp³-hybridized carbons (Fsp3) is 0.136. The highest BCUT2D eigenvalue weighted by Gasteiger charge is 2.46. The Hall–Kier alpha value is -3.65. The molecule has 1 aliphatic rings. The number of ketones is 1. The lowest BCUT2D eigenvalue weighted by atomic mass is 9.95. The number of thiazole rings is 1. The van der Waals surface area contributed by atoms with E-state index in [0.29, 0.717) is 28.8 Å². The van der Waals surface area contributed by atoms with E-state index in [1.54, 1.807) is 54.9 Å². The summed E-state index contributed by atoms with van der Waals surface area (Å²) < 4.78 is 11.1. The zero-order valence-electron chi connectivity index (χ0n) is 16.1. The molecule has 0 spiro atoms. The second-order valence-electron chi connectivity index (χ2n) is 6.57. The van der Waals surface area contributed by atoms with Crippen molar-refractivity contribution in [2.45, 2.75) is 13.0 Å². The van der Waals surface area contributed by atoms with Crippen LogP contribution in [0.4, 0.5) is 5.13 Å². The van der Waals surface area contributed by atoms with E-state index in [9.17, 15) is 14.7 Å². The summed E-state index contributed by atoms with van der Waals surface area (Å²) in [5, 5.41) is 12.8. The molecule has 0 bridgehead atoms. The summed E-state index contributed by atoms with van der Waals surface area (Å²) in [5.74, 6) is -0.727. The Morgan fingerprint density at radius 2 is 2.23 bits per heavy atom. The number of aromatic nitrogens is 1. The van der Waals surface area contributed by atoms with Crippen LogP contribution >= 0.6 is 11.3 Å². The van der Waals surface area contributed by atoms with Crippen molar-refractivity contribution in [2.24, 2.45) is 0 Å². The van der Waals surface area contributed by atoms with Crippen molar-refractivity contribution in [3.05, 3.63) is 89.0 Å². The molecule has 0 fully saturated rings. The smallest absolute Gasteiger partial charge is 0.296 e. The van der Waals surface area contributed by atoms with E-state index in [1.165, 1.54) is 22.3 Å². The molecule has 0 saturated heterocycles. The molecule has 1 amide bonds. The molecule has 0 unspecified atom stereocenters. The van der Waals surface area contributed by atoms with Crippen LogP contribution in [0, 0.1) is 6.92 Å². The van der Waals surface area contributed by atoms with Crippen molar-refractivity contribution in [2.75, 3.05) is 11.5 Å². The van der Waals surface area contributed by atoms with Gasteiger partial charge in [-0.05, 0) is 36.8 Å². The van der Waals surface area contributed by atoms with Gasteiger partial charge in [-0.25, -0.2) is 4.98 Å². The molecule has 7 nitrogen and oxygen atoms in total. The molecule has 1 N–H and O–H groups in total. The number of amides is 1. The zero-order chi connectivity index (χ0) is 21.3. The predicted octanol–water partition coefficient (Wildman–Crippen LogP) is 4.39. The molecule has 30 heavy (non-hydrogen) atoms. The van der Waals surface area contributed by atoms with Crippen LogP contribution < -0.4 is 9.64 Å². The molecule has 3 aromatic rings. The van der Waals surface area contributed by atoms with Crippen LogP contribution in [0.15, 0.2) is 76.4 Å². The number of carbonyl (C=O) groups excluding carboxylic acids is 2. The average Bonchev–Trinajstić information content (AvgIpc) is 3.47. The van der Waals surface area contributed by atoms with Gasteiger partial charge >= 0.3 is 0 Å². The lowest BCUT2D eigenvalue weighted by Crippen LogP contribution is -2.30. The maximum absolute atomic E-state index is 13.2. The molecule has 1 atom stereocenters. The molecule has 152 valence electrons. The number of aliphatic hydroxyl groups is 1. The van der Waals surface area contributed by atoms with Crippen molar-refractivity contribution in [3.8, 4) is 5.75 Å². The van der Waals surface area contributed by atoms with E-state index in [4.69, 9.17) is 9.15 Å². The number of carbonyl (C=O) groups is 2. The molecule has 4 rings (SSSR count). The average molecular weight is 422 g/mol. The number of aliphatic hydroxyl groups excluding tert-OH is 1. The van der Waals surface area contributed by atoms with E-state index in [1.807, 2.05) is 0 Å². The van der Waals surface area contributed by atoms with Crippen molar-refractivity contribution < 1.29 is 23.8 Å². The first-order valence-electron chi connectivity index (χ1n) is 9.12. The van der Waals surface area contributed by atoms with Crippen LogP contribution in [0.3, 0.4) is 0 Å². The monoisotopic (exact) mass is 422 g/mol. The van der Waals surface area contributed by atoms with Gasteiger partial charge in [0, 0.05) is 11.6 Å². The first kappa shape index (κ1) is 19.7. The number of furan rings is 1. The van der Waals surface area contributed by atoms with Crippen LogP contribution in [0.2, 0.25) is 0 Å². The number of anilines is 1. The first-order chi connectivity index (χ1) is 14.5. The van der Waals surface area contributed by atoms with E-state index in [2.05, 4.69) is 11.6 Å². The quantitative estimate of drug-likeness (QED) is 0.448. The normalized spacial score (nSPS) is 16.2.